The third kappa shape index (κ3) is 3.73. The van der Waals surface area contributed by atoms with Crippen LogP contribution in [0, 0.1) is 0 Å². The lowest BCUT2D eigenvalue weighted by Gasteiger charge is -2.06. The third-order valence-corrected chi connectivity index (χ3v) is 2.80. The molecule has 0 saturated heterocycles. The molecule has 110 valence electrons. The SMILES string of the molecule is CCOc1cc(C=NNc2ncnc(Cl)c2N)ccc1O. The van der Waals surface area contributed by atoms with E-state index in [9.17, 15) is 5.11 Å². The number of nitrogen functional groups attached to an aromatic ring is 1. The highest BCUT2D eigenvalue weighted by atomic mass is 35.5. The molecule has 0 aliphatic rings. The summed E-state index contributed by atoms with van der Waals surface area (Å²) >= 11 is 5.77. The molecular weight excluding hydrogens is 294 g/mol. The summed E-state index contributed by atoms with van der Waals surface area (Å²) in [5.41, 5.74) is 9.33. The highest BCUT2D eigenvalue weighted by Gasteiger charge is 2.05. The molecule has 1 aromatic carbocycles. The maximum absolute atomic E-state index is 9.60. The molecule has 2 aromatic rings. The van der Waals surface area contributed by atoms with Gasteiger partial charge in [-0.05, 0) is 30.7 Å². The summed E-state index contributed by atoms with van der Waals surface area (Å²) in [5.74, 6) is 0.787. The molecule has 21 heavy (non-hydrogen) atoms. The maximum Gasteiger partial charge on any atom is 0.174 e. The fraction of sp³-hybridized carbons (Fsp3) is 0.154. The predicted molar refractivity (Wildman–Crippen MR) is 81.9 cm³/mol. The fourth-order valence-electron chi connectivity index (χ4n) is 1.51. The second-order valence-corrected chi connectivity index (χ2v) is 4.31. The molecule has 8 heteroatoms. The van der Waals surface area contributed by atoms with Gasteiger partial charge in [-0.3, -0.25) is 5.43 Å². The van der Waals surface area contributed by atoms with Crippen molar-refractivity contribution in [2.45, 2.75) is 6.92 Å². The average Bonchev–Trinajstić information content (AvgIpc) is 2.47. The van der Waals surface area contributed by atoms with Gasteiger partial charge in [0.2, 0.25) is 0 Å². The summed E-state index contributed by atoms with van der Waals surface area (Å²) in [7, 11) is 0. The van der Waals surface area contributed by atoms with Gasteiger partial charge in [0.1, 0.15) is 12.0 Å². The number of hydrazone groups is 1. The van der Waals surface area contributed by atoms with Crippen molar-refractivity contribution in [1.29, 1.82) is 0 Å². The molecular formula is C13H14ClN5O2. The summed E-state index contributed by atoms with van der Waals surface area (Å²) in [6, 6.07) is 4.89. The van der Waals surface area contributed by atoms with Crippen molar-refractivity contribution >= 4 is 29.3 Å². The molecule has 0 aliphatic heterocycles. The van der Waals surface area contributed by atoms with Crippen molar-refractivity contribution in [1.82, 2.24) is 9.97 Å². The van der Waals surface area contributed by atoms with Crippen LogP contribution in [-0.4, -0.2) is 27.9 Å². The number of halogens is 1. The van der Waals surface area contributed by atoms with Crippen molar-refractivity contribution < 1.29 is 9.84 Å². The largest absolute Gasteiger partial charge is 0.504 e. The molecule has 1 aromatic heterocycles. The van der Waals surface area contributed by atoms with Crippen molar-refractivity contribution in [2.24, 2.45) is 5.10 Å². The van der Waals surface area contributed by atoms with Gasteiger partial charge in [-0.25, -0.2) is 9.97 Å². The van der Waals surface area contributed by atoms with E-state index in [-0.39, 0.29) is 16.6 Å². The zero-order chi connectivity index (χ0) is 15.2. The van der Waals surface area contributed by atoms with Gasteiger partial charge in [0.05, 0.1) is 12.8 Å². The molecule has 0 atom stereocenters. The summed E-state index contributed by atoms with van der Waals surface area (Å²) in [6.07, 6.45) is 2.82. The second-order valence-electron chi connectivity index (χ2n) is 3.96. The quantitative estimate of drug-likeness (QED) is 0.444. The van der Waals surface area contributed by atoms with Gasteiger partial charge >= 0.3 is 0 Å². The normalized spacial score (nSPS) is 10.8. The minimum atomic E-state index is 0.0776. The van der Waals surface area contributed by atoms with E-state index in [4.69, 9.17) is 22.1 Å². The van der Waals surface area contributed by atoms with Crippen molar-refractivity contribution in [3.05, 3.63) is 35.2 Å². The molecule has 0 spiro atoms. The number of phenols is 1. The molecule has 0 radical (unpaired) electrons. The third-order valence-electron chi connectivity index (χ3n) is 2.50. The van der Waals surface area contributed by atoms with Gasteiger partial charge in [0.15, 0.2) is 22.5 Å². The number of nitrogens with one attached hydrogen (secondary N) is 1. The Hall–Kier alpha value is -2.54. The second kappa shape index (κ2) is 6.76. The van der Waals surface area contributed by atoms with Gasteiger partial charge in [0, 0.05) is 0 Å². The summed E-state index contributed by atoms with van der Waals surface area (Å²) in [6.45, 7) is 2.30. The van der Waals surface area contributed by atoms with Gasteiger partial charge in [-0.1, -0.05) is 11.6 Å². The van der Waals surface area contributed by atoms with Crippen LogP contribution in [0.15, 0.2) is 29.6 Å². The van der Waals surface area contributed by atoms with Crippen molar-refractivity contribution in [3.63, 3.8) is 0 Å². The Labute approximate surface area is 126 Å². The molecule has 0 fully saturated rings. The lowest BCUT2D eigenvalue weighted by Crippen LogP contribution is -2.01. The van der Waals surface area contributed by atoms with E-state index >= 15 is 0 Å². The van der Waals surface area contributed by atoms with Crippen LogP contribution in [-0.2, 0) is 0 Å². The number of phenolic OH excluding ortho intramolecular Hbond substituents is 1. The minimum absolute atomic E-state index is 0.0776. The highest BCUT2D eigenvalue weighted by molar-refractivity contribution is 6.32. The number of nitrogens with two attached hydrogens (primary N) is 1. The standard InChI is InChI=1S/C13H14ClN5O2/c1-2-21-10-5-8(3-4-9(10)20)6-18-19-13-11(15)12(14)16-7-17-13/h3-7,20H,2,15H2,1H3,(H,16,17,19). The first-order chi connectivity index (χ1) is 10.1. The Balaban J connectivity index is 2.11. The van der Waals surface area contributed by atoms with E-state index in [0.29, 0.717) is 18.2 Å². The van der Waals surface area contributed by atoms with Gasteiger partial charge in [-0.15, -0.1) is 0 Å². The molecule has 0 amide bonds. The minimum Gasteiger partial charge on any atom is -0.504 e. The summed E-state index contributed by atoms with van der Waals surface area (Å²) < 4.78 is 5.29. The average molecular weight is 308 g/mol. The van der Waals surface area contributed by atoms with Crippen LogP contribution in [0.5, 0.6) is 11.5 Å². The smallest absolute Gasteiger partial charge is 0.174 e. The van der Waals surface area contributed by atoms with Crippen molar-refractivity contribution in [2.75, 3.05) is 17.8 Å². The zero-order valence-electron chi connectivity index (χ0n) is 11.2. The number of hydrogen-bond donors (Lipinski definition) is 3. The zero-order valence-corrected chi connectivity index (χ0v) is 12.0. The topological polar surface area (TPSA) is 106 Å². The van der Waals surface area contributed by atoms with E-state index < -0.39 is 0 Å². The van der Waals surface area contributed by atoms with Crippen LogP contribution < -0.4 is 15.9 Å². The molecule has 0 unspecified atom stereocenters. The number of hydrogen-bond acceptors (Lipinski definition) is 7. The molecule has 0 aliphatic carbocycles. The fourth-order valence-corrected chi connectivity index (χ4v) is 1.65. The Morgan fingerprint density at radius 2 is 2.29 bits per heavy atom. The van der Waals surface area contributed by atoms with Crippen LogP contribution in [0.4, 0.5) is 11.5 Å². The number of nitrogens with zero attached hydrogens (tertiary/aromatic N) is 3. The summed E-state index contributed by atoms with van der Waals surface area (Å²) in [5, 5.41) is 13.8. The first-order valence-electron chi connectivity index (χ1n) is 6.12. The lowest BCUT2D eigenvalue weighted by molar-refractivity contribution is 0.318. The molecule has 0 saturated carbocycles. The Bertz CT molecular complexity index is 663. The number of ether oxygens (including phenoxy) is 1. The Morgan fingerprint density at radius 3 is 3.05 bits per heavy atom. The molecule has 4 N–H and O–H groups in total. The van der Waals surface area contributed by atoms with E-state index in [1.54, 1.807) is 12.1 Å². The van der Waals surface area contributed by atoms with E-state index in [2.05, 4.69) is 20.5 Å². The first-order valence-corrected chi connectivity index (χ1v) is 6.50. The maximum atomic E-state index is 9.60. The number of anilines is 2. The van der Waals surface area contributed by atoms with Gasteiger partial charge < -0.3 is 15.6 Å². The monoisotopic (exact) mass is 307 g/mol. The van der Waals surface area contributed by atoms with Crippen LogP contribution in [0.25, 0.3) is 0 Å². The predicted octanol–water partition coefficient (Wildman–Crippen LogP) is 2.26. The van der Waals surface area contributed by atoms with Gasteiger partial charge in [0.25, 0.3) is 0 Å². The number of rotatable bonds is 5. The number of benzene rings is 1. The van der Waals surface area contributed by atoms with E-state index in [1.165, 1.54) is 18.6 Å². The van der Waals surface area contributed by atoms with Crippen LogP contribution >= 0.6 is 11.6 Å². The first kappa shape index (κ1) is 14.9. The van der Waals surface area contributed by atoms with Crippen LogP contribution in [0.3, 0.4) is 0 Å². The highest BCUT2D eigenvalue weighted by Crippen LogP contribution is 2.26. The molecule has 2 rings (SSSR count). The number of aromatic hydroxyl groups is 1. The molecule has 7 nitrogen and oxygen atoms in total. The van der Waals surface area contributed by atoms with E-state index in [1.807, 2.05) is 6.92 Å². The molecule has 0 bridgehead atoms. The lowest BCUT2D eigenvalue weighted by atomic mass is 10.2. The Morgan fingerprint density at radius 1 is 1.48 bits per heavy atom. The Kier molecular flexibility index (Phi) is 4.78. The van der Waals surface area contributed by atoms with E-state index in [0.717, 1.165) is 5.56 Å². The number of aromatic nitrogens is 2. The molecule has 1 heterocycles. The van der Waals surface area contributed by atoms with Crippen LogP contribution in [0.2, 0.25) is 5.15 Å². The van der Waals surface area contributed by atoms with Gasteiger partial charge in [-0.2, -0.15) is 5.10 Å². The van der Waals surface area contributed by atoms with Crippen LogP contribution in [0.1, 0.15) is 12.5 Å². The van der Waals surface area contributed by atoms with Crippen molar-refractivity contribution in [3.8, 4) is 11.5 Å². The summed E-state index contributed by atoms with van der Waals surface area (Å²) in [4.78, 5) is 7.66.